The van der Waals surface area contributed by atoms with Gasteiger partial charge in [-0.25, -0.2) is 4.99 Å². The molecule has 9 heteroatoms. The molecule has 0 aromatic heterocycles. The summed E-state index contributed by atoms with van der Waals surface area (Å²) in [5.41, 5.74) is 2.52. The second-order valence-electron chi connectivity index (χ2n) is 7.40. The Hall–Kier alpha value is -1.85. The van der Waals surface area contributed by atoms with Crippen molar-refractivity contribution < 1.29 is 17.9 Å². The molecule has 1 aliphatic heterocycles. The fraction of sp³-hybridized carbons (Fsp3) is 0.435. The van der Waals surface area contributed by atoms with Crippen LogP contribution in [0.5, 0.6) is 0 Å². The van der Waals surface area contributed by atoms with E-state index in [1.807, 2.05) is 19.1 Å². The summed E-state index contributed by atoms with van der Waals surface area (Å²) < 4.78 is 43.6. The van der Waals surface area contributed by atoms with Crippen LogP contribution in [0.25, 0.3) is 0 Å². The third kappa shape index (κ3) is 8.25. The molecule has 1 heterocycles. The van der Waals surface area contributed by atoms with Crippen LogP contribution in [0, 0.1) is 0 Å². The minimum Gasteiger partial charge on any atom is -0.379 e. The minimum atomic E-state index is -4.33. The Kier molecular flexibility index (Phi) is 10.7. The van der Waals surface area contributed by atoms with Crippen LogP contribution in [0.2, 0.25) is 0 Å². The highest BCUT2D eigenvalue weighted by Gasteiger charge is 2.29. The first-order valence-electron chi connectivity index (χ1n) is 10.5. The first-order chi connectivity index (χ1) is 15.0. The van der Waals surface area contributed by atoms with Gasteiger partial charge in [-0.1, -0.05) is 36.4 Å². The number of hydrogen-bond acceptors (Lipinski definition) is 3. The quantitative estimate of drug-likeness (QED) is 0.299. The molecule has 0 atom stereocenters. The second-order valence-corrected chi connectivity index (χ2v) is 7.40. The van der Waals surface area contributed by atoms with Gasteiger partial charge in [-0.15, -0.1) is 24.0 Å². The highest BCUT2D eigenvalue weighted by molar-refractivity contribution is 14.0. The summed E-state index contributed by atoms with van der Waals surface area (Å²) in [5, 5.41) is 6.53. The van der Waals surface area contributed by atoms with E-state index in [0.29, 0.717) is 25.6 Å². The summed E-state index contributed by atoms with van der Waals surface area (Å²) in [6, 6.07) is 13.4. The van der Waals surface area contributed by atoms with E-state index in [2.05, 4.69) is 32.7 Å². The van der Waals surface area contributed by atoms with E-state index in [4.69, 9.17) is 4.74 Å². The molecular weight excluding hydrogens is 532 g/mol. The summed E-state index contributed by atoms with van der Waals surface area (Å²) in [6.07, 6.45) is -4.33. The monoisotopic (exact) mass is 562 g/mol. The molecule has 0 saturated carbocycles. The van der Waals surface area contributed by atoms with E-state index in [1.54, 1.807) is 0 Å². The van der Waals surface area contributed by atoms with Gasteiger partial charge in [-0.2, -0.15) is 13.2 Å². The van der Waals surface area contributed by atoms with Crippen molar-refractivity contribution in [1.29, 1.82) is 0 Å². The molecule has 0 bridgehead atoms. The summed E-state index contributed by atoms with van der Waals surface area (Å²) in [4.78, 5) is 6.90. The second kappa shape index (κ2) is 13.0. The zero-order chi connectivity index (χ0) is 22.1. The lowest BCUT2D eigenvalue weighted by molar-refractivity contribution is -0.137. The van der Waals surface area contributed by atoms with Gasteiger partial charge in [-0.3, -0.25) is 4.90 Å². The number of nitrogens with zero attached hydrogens (tertiary/aromatic N) is 2. The van der Waals surface area contributed by atoms with Crippen molar-refractivity contribution in [2.24, 2.45) is 4.99 Å². The summed E-state index contributed by atoms with van der Waals surface area (Å²) in [5.74, 6) is 0.628. The predicted molar refractivity (Wildman–Crippen MR) is 131 cm³/mol. The van der Waals surface area contributed by atoms with Crippen LogP contribution in [0.4, 0.5) is 13.2 Å². The van der Waals surface area contributed by atoms with E-state index < -0.39 is 11.7 Å². The van der Waals surface area contributed by atoms with Crippen LogP contribution in [0.1, 0.15) is 29.2 Å². The molecule has 0 radical (unpaired) electrons. The van der Waals surface area contributed by atoms with Crippen LogP contribution in [0.15, 0.2) is 53.5 Å². The van der Waals surface area contributed by atoms with Crippen LogP contribution in [0.3, 0.4) is 0 Å². The van der Waals surface area contributed by atoms with E-state index >= 15 is 0 Å². The largest absolute Gasteiger partial charge is 0.416 e. The third-order valence-corrected chi connectivity index (χ3v) is 5.11. The van der Waals surface area contributed by atoms with Gasteiger partial charge in [-0.05, 0) is 35.7 Å². The Morgan fingerprint density at radius 2 is 1.66 bits per heavy atom. The van der Waals surface area contributed by atoms with Gasteiger partial charge in [0.2, 0.25) is 0 Å². The summed E-state index contributed by atoms with van der Waals surface area (Å²) in [6.45, 7) is 7.83. The van der Waals surface area contributed by atoms with Gasteiger partial charge in [0.1, 0.15) is 0 Å². The highest BCUT2D eigenvalue weighted by Crippen LogP contribution is 2.29. The molecule has 2 aromatic carbocycles. The first kappa shape index (κ1) is 26.4. The molecule has 3 rings (SSSR count). The lowest BCUT2D eigenvalue weighted by Crippen LogP contribution is -2.38. The molecule has 32 heavy (non-hydrogen) atoms. The average molecular weight is 562 g/mol. The summed E-state index contributed by atoms with van der Waals surface area (Å²) >= 11 is 0. The number of halogens is 4. The molecule has 1 saturated heterocycles. The smallest absolute Gasteiger partial charge is 0.379 e. The van der Waals surface area contributed by atoms with Gasteiger partial charge in [0.15, 0.2) is 5.96 Å². The van der Waals surface area contributed by atoms with Gasteiger partial charge in [0, 0.05) is 32.7 Å². The number of benzene rings is 2. The molecule has 0 unspecified atom stereocenters. The molecule has 0 amide bonds. The van der Waals surface area contributed by atoms with Crippen LogP contribution < -0.4 is 10.6 Å². The fourth-order valence-corrected chi connectivity index (χ4v) is 3.37. The maximum absolute atomic E-state index is 12.7. The lowest BCUT2D eigenvalue weighted by Gasteiger charge is -2.27. The molecule has 1 aliphatic rings. The zero-order valence-electron chi connectivity index (χ0n) is 18.1. The first-order valence-corrected chi connectivity index (χ1v) is 10.5. The zero-order valence-corrected chi connectivity index (χ0v) is 20.5. The number of morpholine rings is 1. The molecule has 2 N–H and O–H groups in total. The molecule has 2 aromatic rings. The summed E-state index contributed by atoms with van der Waals surface area (Å²) in [7, 11) is 0. The number of hydrogen-bond donors (Lipinski definition) is 2. The Morgan fingerprint density at radius 3 is 2.28 bits per heavy atom. The third-order valence-electron chi connectivity index (χ3n) is 5.11. The Balaban J connectivity index is 0.00000363. The number of aliphatic imine (C=N–C) groups is 1. The van der Waals surface area contributed by atoms with Crippen LogP contribution in [-0.4, -0.2) is 43.7 Å². The average Bonchev–Trinajstić information content (AvgIpc) is 2.77. The van der Waals surface area contributed by atoms with E-state index in [-0.39, 0.29) is 24.0 Å². The number of rotatable bonds is 7. The van der Waals surface area contributed by atoms with Crippen molar-refractivity contribution in [2.45, 2.75) is 32.7 Å². The van der Waals surface area contributed by atoms with Gasteiger partial charge in [0.05, 0.1) is 25.3 Å². The van der Waals surface area contributed by atoms with Crippen molar-refractivity contribution in [1.82, 2.24) is 15.5 Å². The van der Waals surface area contributed by atoms with Crippen LogP contribution in [-0.2, 0) is 30.5 Å². The van der Waals surface area contributed by atoms with Crippen molar-refractivity contribution in [3.8, 4) is 0 Å². The SMILES string of the molecule is CCNC(=NCc1ccc(C(F)(F)F)cc1)NCc1ccccc1CN1CCOCC1.I. The Bertz CT molecular complexity index is 853. The standard InChI is InChI=1S/C23H29F3N4O.HI/c1-2-27-22(28-15-18-7-9-21(10-8-18)23(24,25)26)29-16-19-5-3-4-6-20(19)17-30-11-13-31-14-12-30;/h3-10H,2,11-17H2,1H3,(H2,27,28,29);1H. The maximum atomic E-state index is 12.7. The predicted octanol–water partition coefficient (Wildman–Crippen LogP) is 4.41. The van der Waals surface area contributed by atoms with Crippen molar-refractivity contribution >= 4 is 29.9 Å². The molecule has 1 fully saturated rings. The fourth-order valence-electron chi connectivity index (χ4n) is 3.37. The topological polar surface area (TPSA) is 48.9 Å². The van der Waals surface area contributed by atoms with Crippen LogP contribution >= 0.6 is 24.0 Å². The molecule has 176 valence electrons. The van der Waals surface area contributed by atoms with E-state index in [1.165, 1.54) is 23.3 Å². The van der Waals surface area contributed by atoms with E-state index in [0.717, 1.165) is 50.5 Å². The van der Waals surface area contributed by atoms with E-state index in [9.17, 15) is 13.2 Å². The van der Waals surface area contributed by atoms with Crippen molar-refractivity contribution in [2.75, 3.05) is 32.8 Å². The lowest BCUT2D eigenvalue weighted by atomic mass is 10.1. The number of guanidine groups is 1. The molecule has 0 aliphatic carbocycles. The molecule has 0 spiro atoms. The Labute approximate surface area is 204 Å². The normalized spacial score (nSPS) is 15.2. The number of nitrogens with one attached hydrogen (secondary N) is 2. The minimum absolute atomic E-state index is 0. The molecule has 5 nitrogen and oxygen atoms in total. The van der Waals surface area contributed by atoms with Crippen molar-refractivity contribution in [3.05, 3.63) is 70.8 Å². The van der Waals surface area contributed by atoms with Gasteiger partial charge >= 0.3 is 6.18 Å². The highest BCUT2D eigenvalue weighted by atomic mass is 127. The maximum Gasteiger partial charge on any atom is 0.416 e. The van der Waals surface area contributed by atoms with Gasteiger partial charge < -0.3 is 15.4 Å². The van der Waals surface area contributed by atoms with Crippen molar-refractivity contribution in [3.63, 3.8) is 0 Å². The number of ether oxygens (including phenoxy) is 1. The molecular formula is C23H30F3IN4O. The number of alkyl halides is 3. The van der Waals surface area contributed by atoms with Gasteiger partial charge in [0.25, 0.3) is 0 Å². The Morgan fingerprint density at radius 1 is 1.00 bits per heavy atom.